The van der Waals surface area contributed by atoms with Gasteiger partial charge in [0, 0.05) is 0 Å². The van der Waals surface area contributed by atoms with Crippen molar-refractivity contribution in [3.63, 3.8) is 0 Å². The van der Waals surface area contributed by atoms with Crippen molar-refractivity contribution in [2.45, 2.75) is 0 Å². The van der Waals surface area contributed by atoms with Crippen LogP contribution in [0.1, 0.15) is 0 Å². The second kappa shape index (κ2) is 12.6. The number of rotatable bonds is 2. The van der Waals surface area contributed by atoms with E-state index in [-0.39, 0.29) is 0 Å². The van der Waals surface area contributed by atoms with Gasteiger partial charge in [-0.1, -0.05) is 0 Å². The van der Waals surface area contributed by atoms with Crippen LogP contribution in [-0.2, 0) is 0 Å². The van der Waals surface area contributed by atoms with E-state index in [0.717, 1.165) is 0 Å². The topological polar surface area (TPSA) is 0 Å². The van der Waals surface area contributed by atoms with E-state index in [4.69, 9.17) is 0 Å². The van der Waals surface area contributed by atoms with E-state index < -0.39 is 40.9 Å². The molecule has 0 radical (unpaired) electrons. The van der Waals surface area contributed by atoms with Crippen LogP contribution in [0.25, 0.3) is 156 Å². The van der Waals surface area contributed by atoms with Gasteiger partial charge in [-0.2, -0.15) is 0 Å². The summed E-state index contributed by atoms with van der Waals surface area (Å²) in [7, 11) is 0. The third kappa shape index (κ3) is 4.45. The van der Waals surface area contributed by atoms with Crippen LogP contribution in [-0.4, -0.2) is 40.9 Å². The van der Waals surface area contributed by atoms with Gasteiger partial charge in [0.2, 0.25) is 0 Å². The molecule has 0 saturated heterocycles. The average molecular weight is 1030 g/mol. The quantitative estimate of drug-likeness (QED) is 0.120. The van der Waals surface area contributed by atoms with E-state index in [1.807, 2.05) is 0 Å². The molecule has 0 nitrogen and oxygen atoms in total. The molecule has 2 aromatic heterocycles. The van der Waals surface area contributed by atoms with Gasteiger partial charge in [0.15, 0.2) is 0 Å². The molecule has 12 aromatic carbocycles. The summed E-state index contributed by atoms with van der Waals surface area (Å²) < 4.78 is 6.18. The predicted octanol–water partition coefficient (Wildman–Crippen LogP) is 16.8. The minimum absolute atomic E-state index is 0.491. The van der Waals surface area contributed by atoms with Crippen molar-refractivity contribution in [2.24, 2.45) is 0 Å². The normalized spacial score (nSPS) is 12.7. The molecule has 2 aliphatic rings. The van der Waals surface area contributed by atoms with Gasteiger partial charge in [-0.3, -0.25) is 0 Å². The molecule has 2 aliphatic carbocycles. The third-order valence-corrected chi connectivity index (χ3v) is 21.2. The molecule has 292 valence electrons. The first-order chi connectivity index (χ1) is 31.7. The molecule has 0 unspecified atom stereocenters. The van der Waals surface area contributed by atoms with Gasteiger partial charge in [0.25, 0.3) is 0 Å². The first-order valence-corrected chi connectivity index (χ1v) is 26.8. The number of fused-ring (bicyclic) bond motifs is 17. The van der Waals surface area contributed by atoms with Crippen LogP contribution in [0.15, 0.2) is 194 Å². The van der Waals surface area contributed by atoms with Crippen LogP contribution in [0.4, 0.5) is 0 Å². The minimum atomic E-state index is -0.495. The molecule has 0 saturated carbocycles. The molecule has 16 rings (SSSR count). The van der Waals surface area contributed by atoms with E-state index in [2.05, 4.69) is 194 Å². The molecular formula is C62H32Te2. The van der Waals surface area contributed by atoms with Crippen LogP contribution in [0.5, 0.6) is 0 Å². The molecule has 64 heavy (non-hydrogen) atoms. The van der Waals surface area contributed by atoms with E-state index in [1.165, 1.54) is 142 Å². The molecule has 2 heteroatoms. The molecule has 0 amide bonds. The summed E-state index contributed by atoms with van der Waals surface area (Å²) in [4.78, 5) is 0. The van der Waals surface area contributed by atoms with Gasteiger partial charge < -0.3 is 0 Å². The van der Waals surface area contributed by atoms with Crippen LogP contribution in [0.2, 0.25) is 0 Å². The summed E-state index contributed by atoms with van der Waals surface area (Å²) in [5.41, 5.74) is 16.2. The van der Waals surface area contributed by atoms with Crippen LogP contribution in [0.3, 0.4) is 0 Å². The van der Waals surface area contributed by atoms with Crippen molar-refractivity contribution < 1.29 is 0 Å². The third-order valence-electron chi connectivity index (χ3n) is 14.7. The summed E-state index contributed by atoms with van der Waals surface area (Å²) in [6.45, 7) is 0. The van der Waals surface area contributed by atoms with Gasteiger partial charge in [-0.15, -0.1) is 0 Å². The van der Waals surface area contributed by atoms with E-state index in [0.29, 0.717) is 0 Å². The second-order valence-electron chi connectivity index (χ2n) is 17.8. The Morgan fingerprint density at radius 1 is 0.203 bits per heavy atom. The Kier molecular flexibility index (Phi) is 6.89. The summed E-state index contributed by atoms with van der Waals surface area (Å²) in [5.74, 6) is 0. The number of hydrogen-bond donors (Lipinski definition) is 0. The fourth-order valence-corrected chi connectivity index (χ4v) is 18.6. The van der Waals surface area contributed by atoms with Crippen LogP contribution >= 0.6 is 0 Å². The van der Waals surface area contributed by atoms with Crippen molar-refractivity contribution in [1.82, 2.24) is 0 Å². The second-order valence-corrected chi connectivity index (χ2v) is 24.0. The summed E-state index contributed by atoms with van der Waals surface area (Å²) in [5, 5.41) is 19.1. The Labute approximate surface area is 387 Å². The molecule has 0 atom stereocenters. The average Bonchev–Trinajstić information content (AvgIpc) is 4.10. The van der Waals surface area contributed by atoms with Crippen molar-refractivity contribution in [2.75, 3.05) is 0 Å². The molecule has 0 aliphatic heterocycles. The van der Waals surface area contributed by atoms with Gasteiger partial charge in [0.05, 0.1) is 0 Å². The Bertz CT molecular complexity index is 4470. The predicted molar refractivity (Wildman–Crippen MR) is 278 cm³/mol. The summed E-state index contributed by atoms with van der Waals surface area (Å²) >= 11 is -0.986. The monoisotopic (exact) mass is 1040 g/mol. The van der Waals surface area contributed by atoms with E-state index in [9.17, 15) is 0 Å². The molecule has 14 aromatic rings. The first-order valence-electron chi connectivity index (χ1n) is 22.2. The Morgan fingerprint density at radius 3 is 1.25 bits per heavy atom. The van der Waals surface area contributed by atoms with Gasteiger partial charge in [-0.25, -0.2) is 0 Å². The Balaban J connectivity index is 1.11. The SMILES string of the molecule is c1cc2c3c(cccc3c1)-c1cc3c(cc1-2)c(-c1cccc2[te]c4ccccc4c12)cc1c2cc4c(c(-c5cccc6[te]c7ccccc7c56)c2ccc31)-c1cccc2cccc-4c12. The number of benzene rings is 12. The Hall–Kier alpha value is -6.48. The maximum atomic E-state index is 2.60. The fraction of sp³-hybridized carbons (Fsp3) is 0. The van der Waals surface area contributed by atoms with Crippen molar-refractivity contribution in [1.29, 1.82) is 0 Å². The van der Waals surface area contributed by atoms with E-state index in [1.54, 1.807) is 13.6 Å². The van der Waals surface area contributed by atoms with Crippen LogP contribution < -0.4 is 0 Å². The van der Waals surface area contributed by atoms with Crippen molar-refractivity contribution in [3.05, 3.63) is 194 Å². The first kappa shape index (κ1) is 34.9. The molecule has 0 bridgehead atoms. The number of hydrogen-bond acceptors (Lipinski definition) is 0. The standard InChI is InChI=1S/C62H32Te2/c1-3-23-53-41(15-1)59-38(20-9-25-55(59)63-53)49-29-45-35(46-30-47-36-17-5-11-33-12-6-18-37(57(33)36)48(47)31-51(46)49)27-28-40-50(45)32-52-39-19-7-13-34-14-8-21-43(58(34)39)62(52)61(40)44-22-10-26-56-60(44)42-16-2-4-24-54(42)64-56/h1-32H. The summed E-state index contributed by atoms with van der Waals surface area (Å²) in [6, 6.07) is 75.5. The zero-order chi connectivity index (χ0) is 41.4. The van der Waals surface area contributed by atoms with Gasteiger partial charge >= 0.3 is 391 Å². The van der Waals surface area contributed by atoms with Crippen molar-refractivity contribution in [3.8, 4) is 66.8 Å². The van der Waals surface area contributed by atoms with Gasteiger partial charge in [0.1, 0.15) is 0 Å². The molecule has 0 N–H and O–H groups in total. The van der Waals surface area contributed by atoms with Gasteiger partial charge in [-0.05, 0) is 0 Å². The summed E-state index contributed by atoms with van der Waals surface area (Å²) in [6.07, 6.45) is 0. The van der Waals surface area contributed by atoms with E-state index >= 15 is 0 Å². The molecule has 2 heterocycles. The molecule has 0 fully saturated rings. The Morgan fingerprint density at radius 2 is 0.609 bits per heavy atom. The zero-order valence-corrected chi connectivity index (χ0v) is 39.0. The molecule has 0 spiro atoms. The maximum absolute atomic E-state index is 2.60. The zero-order valence-electron chi connectivity index (χ0n) is 34.3. The fourth-order valence-electron chi connectivity index (χ4n) is 12.1. The van der Waals surface area contributed by atoms with Crippen LogP contribution in [0, 0.1) is 0 Å². The van der Waals surface area contributed by atoms with Crippen molar-refractivity contribution >= 4 is 130 Å². The molecular weight excluding hydrogens is 1000 g/mol.